The first kappa shape index (κ1) is 20.3. The molecule has 1 aromatic heterocycles. The summed E-state index contributed by atoms with van der Waals surface area (Å²) >= 11 is 0. The Hall–Kier alpha value is -3.41. The Labute approximate surface area is 171 Å². The second kappa shape index (κ2) is 9.68. The Morgan fingerprint density at radius 3 is 2.62 bits per heavy atom. The van der Waals surface area contributed by atoms with Crippen LogP contribution in [0.1, 0.15) is 41.4 Å². The predicted octanol–water partition coefficient (Wildman–Crippen LogP) is 4.32. The van der Waals surface area contributed by atoms with Gasteiger partial charge in [0.25, 0.3) is 5.91 Å². The minimum absolute atomic E-state index is 0.234. The smallest absolute Gasteiger partial charge is 0.270 e. The van der Waals surface area contributed by atoms with Crippen molar-refractivity contribution in [3.05, 3.63) is 77.6 Å². The van der Waals surface area contributed by atoms with E-state index in [2.05, 4.69) is 40.5 Å². The minimum Gasteiger partial charge on any atom is -0.496 e. The predicted molar refractivity (Wildman–Crippen MR) is 115 cm³/mol. The second-order valence-electron chi connectivity index (χ2n) is 6.95. The molecule has 0 unspecified atom stereocenters. The summed E-state index contributed by atoms with van der Waals surface area (Å²) in [4.78, 5) is 21.1. The van der Waals surface area contributed by atoms with Gasteiger partial charge >= 0.3 is 0 Å². The van der Waals surface area contributed by atoms with Crippen molar-refractivity contribution >= 4 is 17.5 Å². The number of para-hydroxylation sites is 2. The zero-order valence-corrected chi connectivity index (χ0v) is 17.0. The minimum atomic E-state index is -0.234. The quantitative estimate of drug-likeness (QED) is 0.599. The van der Waals surface area contributed by atoms with Crippen LogP contribution in [0.2, 0.25) is 0 Å². The molecule has 0 aliphatic carbocycles. The van der Waals surface area contributed by atoms with E-state index < -0.39 is 0 Å². The highest BCUT2D eigenvalue weighted by Gasteiger charge is 2.11. The maximum Gasteiger partial charge on any atom is 0.270 e. The van der Waals surface area contributed by atoms with Gasteiger partial charge in [-0.05, 0) is 41.7 Å². The van der Waals surface area contributed by atoms with Crippen LogP contribution >= 0.6 is 0 Å². The van der Waals surface area contributed by atoms with Gasteiger partial charge in [-0.2, -0.15) is 0 Å². The molecule has 1 amide bonds. The van der Waals surface area contributed by atoms with Crippen LogP contribution in [-0.4, -0.2) is 29.5 Å². The third-order valence-corrected chi connectivity index (χ3v) is 4.59. The van der Waals surface area contributed by atoms with Gasteiger partial charge in [0.15, 0.2) is 0 Å². The van der Waals surface area contributed by atoms with Gasteiger partial charge in [0, 0.05) is 18.4 Å². The molecule has 0 saturated carbocycles. The zero-order chi connectivity index (χ0) is 20.6. The Morgan fingerprint density at radius 1 is 1.07 bits per heavy atom. The summed E-state index contributed by atoms with van der Waals surface area (Å²) in [6.07, 6.45) is 2.26. The van der Waals surface area contributed by atoms with Gasteiger partial charge < -0.3 is 15.4 Å². The summed E-state index contributed by atoms with van der Waals surface area (Å²) < 4.78 is 5.34. The molecule has 0 aliphatic heterocycles. The highest BCUT2D eigenvalue weighted by Crippen LogP contribution is 2.25. The molecule has 0 radical (unpaired) electrons. The molecule has 1 heterocycles. The lowest BCUT2D eigenvalue weighted by Crippen LogP contribution is -2.27. The average Bonchev–Trinajstić information content (AvgIpc) is 2.74. The lowest BCUT2D eigenvalue weighted by atomic mass is 10.0. The maximum absolute atomic E-state index is 12.5. The number of rotatable bonds is 8. The summed E-state index contributed by atoms with van der Waals surface area (Å²) in [5.41, 5.74) is 3.48. The maximum atomic E-state index is 12.5. The summed E-state index contributed by atoms with van der Waals surface area (Å²) in [7, 11) is 1.64. The average molecular weight is 390 g/mol. The number of amides is 1. The standard InChI is InChI=1S/C23H26N4O2/c1-16(2)18-9-5-6-10-19(18)26-23-25-15-13-20(27-23)22(28)24-14-12-17-8-4-7-11-21(17)29-3/h4-11,13,15-16H,12,14H2,1-3H3,(H,24,28)(H,25,26,27). The van der Waals surface area contributed by atoms with Crippen LogP contribution in [0.15, 0.2) is 60.8 Å². The molecule has 0 spiro atoms. The van der Waals surface area contributed by atoms with E-state index in [4.69, 9.17) is 4.74 Å². The zero-order valence-electron chi connectivity index (χ0n) is 17.0. The number of nitrogens with one attached hydrogen (secondary N) is 2. The molecule has 6 nitrogen and oxygen atoms in total. The fourth-order valence-corrected chi connectivity index (χ4v) is 3.09. The molecule has 0 saturated heterocycles. The Kier molecular flexibility index (Phi) is 6.79. The molecule has 150 valence electrons. The summed E-state index contributed by atoms with van der Waals surface area (Å²) in [5.74, 6) is 1.34. The van der Waals surface area contributed by atoms with Crippen LogP contribution in [0.4, 0.5) is 11.6 Å². The van der Waals surface area contributed by atoms with Gasteiger partial charge in [-0.15, -0.1) is 0 Å². The SMILES string of the molecule is COc1ccccc1CCNC(=O)c1ccnc(Nc2ccccc2C(C)C)n1. The summed E-state index contributed by atoms with van der Waals surface area (Å²) in [6.45, 7) is 4.75. The normalized spacial score (nSPS) is 10.6. The van der Waals surface area contributed by atoms with E-state index in [0.717, 1.165) is 17.0 Å². The Bertz CT molecular complexity index is 972. The molecular formula is C23H26N4O2. The van der Waals surface area contributed by atoms with Crippen LogP contribution in [-0.2, 0) is 6.42 Å². The lowest BCUT2D eigenvalue weighted by molar-refractivity contribution is 0.0949. The molecule has 2 aromatic carbocycles. The van der Waals surface area contributed by atoms with Gasteiger partial charge in [0.1, 0.15) is 11.4 Å². The largest absolute Gasteiger partial charge is 0.496 e. The number of aromatic nitrogens is 2. The number of benzene rings is 2. The molecule has 0 aliphatic rings. The number of nitrogens with zero attached hydrogens (tertiary/aromatic N) is 2. The number of hydrogen-bond acceptors (Lipinski definition) is 5. The Balaban J connectivity index is 1.64. The number of methoxy groups -OCH3 is 1. The van der Waals surface area contributed by atoms with Crippen molar-refractivity contribution in [1.82, 2.24) is 15.3 Å². The van der Waals surface area contributed by atoms with Crippen LogP contribution in [0, 0.1) is 0 Å². The van der Waals surface area contributed by atoms with E-state index in [-0.39, 0.29) is 5.91 Å². The molecule has 3 aromatic rings. The molecule has 29 heavy (non-hydrogen) atoms. The Morgan fingerprint density at radius 2 is 1.83 bits per heavy atom. The lowest BCUT2D eigenvalue weighted by Gasteiger charge is -2.14. The van der Waals surface area contributed by atoms with E-state index in [0.29, 0.717) is 30.5 Å². The van der Waals surface area contributed by atoms with Crippen molar-refractivity contribution in [2.24, 2.45) is 0 Å². The number of carbonyl (C=O) groups is 1. The van der Waals surface area contributed by atoms with Gasteiger partial charge in [-0.1, -0.05) is 50.2 Å². The van der Waals surface area contributed by atoms with E-state index in [1.54, 1.807) is 19.4 Å². The van der Waals surface area contributed by atoms with E-state index in [1.807, 2.05) is 42.5 Å². The van der Waals surface area contributed by atoms with E-state index in [1.165, 1.54) is 5.56 Å². The molecule has 6 heteroatoms. The first-order valence-corrected chi connectivity index (χ1v) is 9.67. The van der Waals surface area contributed by atoms with E-state index >= 15 is 0 Å². The third-order valence-electron chi connectivity index (χ3n) is 4.59. The van der Waals surface area contributed by atoms with Crippen molar-refractivity contribution < 1.29 is 9.53 Å². The van der Waals surface area contributed by atoms with Crippen molar-refractivity contribution in [2.75, 3.05) is 19.0 Å². The molecule has 0 fully saturated rings. The van der Waals surface area contributed by atoms with Crippen LogP contribution in [0.25, 0.3) is 0 Å². The van der Waals surface area contributed by atoms with Crippen molar-refractivity contribution in [3.63, 3.8) is 0 Å². The third kappa shape index (κ3) is 5.31. The van der Waals surface area contributed by atoms with Crippen molar-refractivity contribution in [2.45, 2.75) is 26.2 Å². The monoisotopic (exact) mass is 390 g/mol. The van der Waals surface area contributed by atoms with Crippen molar-refractivity contribution in [1.29, 1.82) is 0 Å². The molecule has 0 atom stereocenters. The van der Waals surface area contributed by atoms with Crippen LogP contribution in [0.3, 0.4) is 0 Å². The highest BCUT2D eigenvalue weighted by atomic mass is 16.5. The fraction of sp³-hybridized carbons (Fsp3) is 0.261. The van der Waals surface area contributed by atoms with Crippen LogP contribution in [0.5, 0.6) is 5.75 Å². The highest BCUT2D eigenvalue weighted by molar-refractivity contribution is 5.92. The molecular weight excluding hydrogens is 364 g/mol. The topological polar surface area (TPSA) is 76.1 Å². The molecule has 3 rings (SSSR count). The van der Waals surface area contributed by atoms with Gasteiger partial charge in [-0.25, -0.2) is 9.97 Å². The number of ether oxygens (including phenoxy) is 1. The van der Waals surface area contributed by atoms with Gasteiger partial charge in [0.05, 0.1) is 7.11 Å². The van der Waals surface area contributed by atoms with Gasteiger partial charge in [0.2, 0.25) is 5.95 Å². The first-order chi connectivity index (χ1) is 14.1. The summed E-state index contributed by atoms with van der Waals surface area (Å²) in [5, 5.41) is 6.13. The first-order valence-electron chi connectivity index (χ1n) is 9.67. The number of anilines is 2. The van der Waals surface area contributed by atoms with E-state index in [9.17, 15) is 4.79 Å². The summed E-state index contributed by atoms with van der Waals surface area (Å²) in [6, 6.07) is 17.4. The second-order valence-corrected chi connectivity index (χ2v) is 6.95. The fourth-order valence-electron chi connectivity index (χ4n) is 3.09. The van der Waals surface area contributed by atoms with Crippen molar-refractivity contribution in [3.8, 4) is 5.75 Å². The number of carbonyl (C=O) groups excluding carboxylic acids is 1. The number of hydrogen-bond donors (Lipinski definition) is 2. The molecule has 0 bridgehead atoms. The van der Waals surface area contributed by atoms with Gasteiger partial charge in [-0.3, -0.25) is 4.79 Å². The molecule has 2 N–H and O–H groups in total. The van der Waals surface area contributed by atoms with Crippen LogP contribution < -0.4 is 15.4 Å².